The number of aliphatic imine (C=N–C) groups is 1. The van der Waals surface area contributed by atoms with Crippen molar-refractivity contribution in [3.05, 3.63) is 29.8 Å². The Morgan fingerprint density at radius 2 is 0.841 bits per heavy atom. The van der Waals surface area contributed by atoms with Crippen LogP contribution in [0.2, 0.25) is 0 Å². The number of nitrogens with two attached hydrogens (primary N) is 4. The molecule has 0 aliphatic rings. The van der Waals surface area contributed by atoms with Gasteiger partial charge in [-0.15, -0.1) is 0 Å². The van der Waals surface area contributed by atoms with Crippen LogP contribution in [0.3, 0.4) is 0 Å². The number of phenolic OH excluding ortho intramolecular Hbond substituents is 1. The molecule has 0 aromatic heterocycles. The number of aliphatic carboxylic acids is 6. The topological polar surface area (TPSA) is 622 Å². The van der Waals surface area contributed by atoms with Gasteiger partial charge in [0.2, 0.25) is 53.2 Å². The minimum Gasteiger partial charge on any atom is -0.508 e. The highest BCUT2D eigenvalue weighted by Crippen LogP contribution is 2.14. The summed E-state index contributed by atoms with van der Waals surface area (Å²) in [5.41, 5.74) is 22.2. The van der Waals surface area contributed by atoms with Crippen molar-refractivity contribution in [2.24, 2.45) is 33.8 Å². The first-order chi connectivity index (χ1) is 41.1. The molecule has 36 nitrogen and oxygen atoms in total. The minimum absolute atomic E-state index is 0.00246. The first-order valence-electron chi connectivity index (χ1n) is 27.5. The molecular weight excluding hydrogens is 1170 g/mol. The molecule has 0 heterocycles. The number of rotatable bonds is 43. The number of carboxylic acid groups (broad SMARTS) is 6. The fraction of sp³-hybridized carbons (Fsp3) is 0.577. The Balaban J connectivity index is 3.72. The summed E-state index contributed by atoms with van der Waals surface area (Å²) >= 11 is 0. The molecule has 9 amide bonds. The molecule has 0 aliphatic carbocycles. The van der Waals surface area contributed by atoms with Gasteiger partial charge in [-0.1, -0.05) is 26.0 Å². The number of benzene rings is 1. The van der Waals surface area contributed by atoms with Crippen molar-refractivity contribution in [2.45, 2.75) is 171 Å². The number of phenols is 1. The molecule has 1 rings (SSSR count). The second-order valence-electron chi connectivity index (χ2n) is 20.4. The van der Waals surface area contributed by atoms with Gasteiger partial charge in [0.25, 0.3) is 0 Å². The zero-order valence-electron chi connectivity index (χ0n) is 48.5. The van der Waals surface area contributed by atoms with Crippen molar-refractivity contribution in [3.8, 4) is 5.75 Å². The van der Waals surface area contributed by atoms with Crippen LogP contribution in [0.15, 0.2) is 29.3 Å². The number of carbonyl (C=O) groups excluding carboxylic acids is 9. The molecule has 24 N–H and O–H groups in total. The van der Waals surface area contributed by atoms with Crippen LogP contribution in [0.25, 0.3) is 0 Å². The van der Waals surface area contributed by atoms with Gasteiger partial charge in [0.05, 0.1) is 18.9 Å². The lowest BCUT2D eigenvalue weighted by Gasteiger charge is -2.29. The van der Waals surface area contributed by atoms with Crippen LogP contribution in [0, 0.1) is 5.92 Å². The number of nitrogens with one attached hydrogen (secondary N) is 9. The van der Waals surface area contributed by atoms with Crippen LogP contribution in [0.5, 0.6) is 5.75 Å². The molecule has 0 bridgehead atoms. The first-order valence-corrected chi connectivity index (χ1v) is 27.5. The molecule has 0 unspecified atom stereocenters. The number of hydrogen-bond donors (Lipinski definition) is 20. The van der Waals surface area contributed by atoms with E-state index in [0.717, 1.165) is 0 Å². The average Bonchev–Trinajstić information content (AvgIpc) is 3.60. The number of aromatic hydroxyl groups is 1. The summed E-state index contributed by atoms with van der Waals surface area (Å²) in [6.07, 6.45) is -6.58. The van der Waals surface area contributed by atoms with Gasteiger partial charge in [-0.2, -0.15) is 0 Å². The molecule has 1 aromatic rings. The van der Waals surface area contributed by atoms with Crippen LogP contribution in [-0.4, -0.2) is 204 Å². The van der Waals surface area contributed by atoms with Crippen molar-refractivity contribution in [1.82, 2.24) is 47.9 Å². The maximum absolute atomic E-state index is 14.4. The second-order valence-corrected chi connectivity index (χ2v) is 20.4. The van der Waals surface area contributed by atoms with E-state index in [2.05, 4.69) is 52.8 Å². The van der Waals surface area contributed by atoms with E-state index in [4.69, 9.17) is 28.0 Å². The Labute approximate surface area is 502 Å². The van der Waals surface area contributed by atoms with Crippen molar-refractivity contribution < 1.29 is 108 Å². The van der Waals surface area contributed by atoms with Crippen LogP contribution in [0.4, 0.5) is 0 Å². The smallest absolute Gasteiger partial charge is 0.326 e. The number of hydrogen-bond acceptors (Lipinski definition) is 19. The summed E-state index contributed by atoms with van der Waals surface area (Å²) in [6.45, 7) is 4.06. The highest BCUT2D eigenvalue weighted by Gasteiger charge is 2.37. The molecule has 490 valence electrons. The molecule has 0 spiro atoms. The fourth-order valence-corrected chi connectivity index (χ4v) is 7.97. The van der Waals surface area contributed by atoms with Gasteiger partial charge in [-0.05, 0) is 88.4 Å². The van der Waals surface area contributed by atoms with Crippen LogP contribution in [-0.2, 0) is 78.3 Å². The number of unbranched alkanes of at least 4 members (excludes halogenated alkanes) is 1. The zero-order chi connectivity index (χ0) is 67.0. The van der Waals surface area contributed by atoms with Gasteiger partial charge in [-0.25, -0.2) is 4.79 Å². The van der Waals surface area contributed by atoms with E-state index in [1.807, 2.05) is 0 Å². The summed E-state index contributed by atoms with van der Waals surface area (Å²) in [6, 6.07) is -12.3. The van der Waals surface area contributed by atoms with Crippen molar-refractivity contribution in [2.75, 3.05) is 13.1 Å². The Morgan fingerprint density at radius 1 is 0.443 bits per heavy atom. The molecule has 0 saturated heterocycles. The van der Waals surface area contributed by atoms with E-state index in [9.17, 15) is 103 Å². The molecule has 0 saturated carbocycles. The van der Waals surface area contributed by atoms with Gasteiger partial charge >= 0.3 is 35.8 Å². The predicted octanol–water partition coefficient (Wildman–Crippen LogP) is -5.89. The highest BCUT2D eigenvalue weighted by molar-refractivity contribution is 5.99. The molecule has 0 fully saturated rings. The summed E-state index contributed by atoms with van der Waals surface area (Å²) in [5.74, 6) is -21.2. The van der Waals surface area contributed by atoms with E-state index < -0.39 is 213 Å². The molecule has 10 atom stereocenters. The Kier molecular flexibility index (Phi) is 33.9. The molecular formula is C52H80N14O22. The first kappa shape index (κ1) is 76.3. The minimum atomic E-state index is -2.08. The SMILES string of the molecule is CC(C)[C@H](NC(=O)[C@H](CC(=O)O)NC(=O)[C@H](Cc1ccc(O)cc1)NC(=O)[C@H](CCCN=C(N)N)NC(=O)[C@H](CCC(=O)O)NC(=O)[C@H](CCC(=O)O)NC(=O)[C@@H](N)CC(=O)O)C(=O)N[C@@H](CCC(=O)O)C(=O)N[C@@H](C)C(=O)N[C@@H](CCCCN)C(=O)O. The van der Waals surface area contributed by atoms with Crippen LogP contribution >= 0.6 is 0 Å². The summed E-state index contributed by atoms with van der Waals surface area (Å²) in [4.78, 5) is 198. The predicted molar refractivity (Wildman–Crippen MR) is 303 cm³/mol. The van der Waals surface area contributed by atoms with Gasteiger partial charge in [0.15, 0.2) is 5.96 Å². The van der Waals surface area contributed by atoms with Gasteiger partial charge in [-0.3, -0.25) is 72.1 Å². The number of guanidine groups is 1. The third-order valence-electron chi connectivity index (χ3n) is 12.7. The number of amides is 9. The largest absolute Gasteiger partial charge is 0.508 e. The molecule has 0 aliphatic heterocycles. The monoisotopic (exact) mass is 1250 g/mol. The molecule has 88 heavy (non-hydrogen) atoms. The van der Waals surface area contributed by atoms with E-state index in [-0.39, 0.29) is 49.6 Å². The van der Waals surface area contributed by atoms with E-state index in [1.165, 1.54) is 45.0 Å². The zero-order valence-corrected chi connectivity index (χ0v) is 48.5. The lowest BCUT2D eigenvalue weighted by Crippen LogP contribution is -2.61. The van der Waals surface area contributed by atoms with Crippen molar-refractivity contribution >= 4 is 94.9 Å². The van der Waals surface area contributed by atoms with Gasteiger partial charge in [0, 0.05) is 32.2 Å². The van der Waals surface area contributed by atoms with E-state index in [1.54, 1.807) is 0 Å². The number of carboxylic acids is 6. The number of nitrogens with zero attached hydrogens (tertiary/aromatic N) is 1. The normalized spacial score (nSPS) is 14.3. The fourth-order valence-electron chi connectivity index (χ4n) is 7.97. The van der Waals surface area contributed by atoms with Gasteiger partial charge in [0.1, 0.15) is 60.1 Å². The maximum Gasteiger partial charge on any atom is 0.326 e. The lowest BCUT2D eigenvalue weighted by atomic mass is 10.0. The standard InChI is InChI=1S/C52H80N14O22/c1-24(2)41(50(86)62-30(13-16-36(68)69)44(80)58-25(3)42(78)63-33(51(87)88)7-4-5-19-53)66-49(85)35(23-40(76)77)65-48(84)34(21-26-9-11-27(67)12-10-26)64-45(81)29(8-6-20-57-52(55)56)60-47(83)32(15-18-38(72)73)61-46(82)31(14-17-37(70)71)59-43(79)28(54)22-39(74)75/h9-12,24-25,28-35,41,67H,4-8,13-23,53-54H2,1-3H3,(H,58,80)(H,59,79)(H,60,83)(H,61,82)(H,62,86)(H,63,78)(H,64,81)(H,65,84)(H,66,85)(H,68,69)(H,70,71)(H,72,73)(H,74,75)(H,76,77)(H,87,88)(H4,55,56,57)/t25-,28-,29-,30-,31-,32-,33-,34-,35-,41-/m0/s1. The highest BCUT2D eigenvalue weighted by atomic mass is 16.4. The molecule has 36 heteroatoms. The maximum atomic E-state index is 14.4. The Morgan fingerprint density at radius 3 is 1.28 bits per heavy atom. The van der Waals surface area contributed by atoms with E-state index in [0.29, 0.717) is 12.8 Å². The summed E-state index contributed by atoms with van der Waals surface area (Å²) in [5, 5.41) is 87.3. The number of carbonyl (C=O) groups is 15. The Bertz CT molecular complexity index is 2670. The van der Waals surface area contributed by atoms with Gasteiger partial charge < -0.3 is 107 Å². The third kappa shape index (κ3) is 30.4. The average molecular weight is 1250 g/mol. The third-order valence-corrected chi connectivity index (χ3v) is 12.7. The van der Waals surface area contributed by atoms with E-state index >= 15 is 0 Å². The Hall–Kier alpha value is -9.74. The lowest BCUT2D eigenvalue weighted by molar-refractivity contribution is -0.143. The molecule has 1 aromatic carbocycles. The van der Waals surface area contributed by atoms with Crippen LogP contribution in [0.1, 0.15) is 110 Å². The second kappa shape index (κ2) is 39.1. The van der Waals surface area contributed by atoms with Crippen LogP contribution < -0.4 is 70.8 Å². The van der Waals surface area contributed by atoms with Crippen molar-refractivity contribution in [1.29, 1.82) is 0 Å². The molecule has 0 radical (unpaired) electrons. The quantitative estimate of drug-likeness (QED) is 0.0164. The van der Waals surface area contributed by atoms with Crippen molar-refractivity contribution in [3.63, 3.8) is 0 Å². The summed E-state index contributed by atoms with van der Waals surface area (Å²) in [7, 11) is 0. The summed E-state index contributed by atoms with van der Waals surface area (Å²) < 4.78 is 0.